The minimum atomic E-state index is -0.0257. The molecule has 160 valence electrons. The molecule has 0 unspecified atom stereocenters. The maximum Gasteiger partial charge on any atom is 0.0193 e. The maximum absolute atomic E-state index is 2.45. The fourth-order valence-electron chi connectivity index (χ4n) is 6.92. The van der Waals surface area contributed by atoms with Crippen molar-refractivity contribution in [2.45, 2.75) is 57.3 Å². The van der Waals surface area contributed by atoms with Crippen LogP contribution in [-0.4, -0.2) is 0 Å². The number of hydrogen-bond donors (Lipinski definition) is 0. The first kappa shape index (κ1) is 19.8. The molecule has 2 aliphatic rings. The van der Waals surface area contributed by atoms with Crippen molar-refractivity contribution < 1.29 is 0 Å². The summed E-state index contributed by atoms with van der Waals surface area (Å²) in [5.74, 6) is 1.84. The van der Waals surface area contributed by atoms with Crippen molar-refractivity contribution in [3.63, 3.8) is 0 Å². The third kappa shape index (κ3) is 2.82. The number of fused-ring (bicyclic) bond motifs is 4. The van der Waals surface area contributed by atoms with Gasteiger partial charge >= 0.3 is 0 Å². The molecule has 0 bridgehead atoms. The highest BCUT2D eigenvalue weighted by atomic mass is 14.4. The van der Waals surface area contributed by atoms with E-state index in [1.54, 1.807) is 5.56 Å². The van der Waals surface area contributed by atoms with Gasteiger partial charge in [0.05, 0.1) is 0 Å². The third-order valence-electron chi connectivity index (χ3n) is 8.47. The van der Waals surface area contributed by atoms with E-state index in [0.717, 1.165) is 5.92 Å². The summed E-state index contributed by atoms with van der Waals surface area (Å²) in [5.41, 5.74) is 8.76. The molecule has 4 aromatic rings. The Morgan fingerprint density at radius 3 is 1.88 bits per heavy atom. The van der Waals surface area contributed by atoms with Crippen LogP contribution in [0.15, 0.2) is 84.9 Å². The van der Waals surface area contributed by atoms with Gasteiger partial charge in [-0.15, -0.1) is 0 Å². The lowest BCUT2D eigenvalue weighted by Gasteiger charge is -2.35. The molecule has 6 rings (SSSR count). The molecule has 0 spiro atoms. The zero-order valence-corrected chi connectivity index (χ0v) is 19.4. The van der Waals surface area contributed by atoms with Crippen LogP contribution in [0.2, 0.25) is 0 Å². The predicted octanol–water partition coefficient (Wildman–Crippen LogP) is 8.83. The molecule has 0 N–H and O–H groups in total. The highest BCUT2D eigenvalue weighted by Crippen LogP contribution is 2.54. The average molecular weight is 417 g/mol. The minimum Gasteiger partial charge on any atom is -0.0619 e. The fraction of sp³-hybridized carbons (Fsp3) is 0.312. The van der Waals surface area contributed by atoms with Gasteiger partial charge in [-0.25, -0.2) is 0 Å². The molecular formula is C32H32. The minimum absolute atomic E-state index is 0.0257. The summed E-state index contributed by atoms with van der Waals surface area (Å²) in [6.45, 7) is 7.35. The van der Waals surface area contributed by atoms with Crippen LogP contribution >= 0.6 is 0 Å². The van der Waals surface area contributed by atoms with E-state index >= 15 is 0 Å². The molecule has 1 fully saturated rings. The first-order chi connectivity index (χ1) is 15.6. The standard InChI is InChI=1S/C32H32/c1-21-11-8-16-22(21)23-17-9-19-27-24(23)18-10-20-30(27)32(2,3)31-28-14-6-4-12-25(28)26-13-5-7-15-29(26)31/h4-7,9-10,12-15,17-22,31H,8,11,16H2,1-3H3/t21-,22-/m1/s1. The summed E-state index contributed by atoms with van der Waals surface area (Å²) in [7, 11) is 0. The van der Waals surface area contributed by atoms with Crippen LogP contribution in [0.25, 0.3) is 21.9 Å². The second-order valence-electron chi connectivity index (χ2n) is 10.6. The summed E-state index contributed by atoms with van der Waals surface area (Å²) < 4.78 is 0. The van der Waals surface area contributed by atoms with Crippen molar-refractivity contribution in [2.75, 3.05) is 0 Å². The highest BCUT2D eigenvalue weighted by Gasteiger charge is 2.41. The van der Waals surface area contributed by atoms with Gasteiger partial charge < -0.3 is 0 Å². The highest BCUT2D eigenvalue weighted by molar-refractivity contribution is 5.91. The molecule has 0 amide bonds. The fourth-order valence-corrected chi connectivity index (χ4v) is 6.92. The van der Waals surface area contributed by atoms with Gasteiger partial charge in [-0.1, -0.05) is 119 Å². The molecule has 2 aliphatic carbocycles. The molecule has 32 heavy (non-hydrogen) atoms. The number of rotatable bonds is 3. The van der Waals surface area contributed by atoms with Crippen molar-refractivity contribution in [3.8, 4) is 11.1 Å². The molecule has 1 saturated carbocycles. The van der Waals surface area contributed by atoms with Gasteiger partial charge in [0.25, 0.3) is 0 Å². The lowest BCUT2D eigenvalue weighted by molar-refractivity contribution is 0.469. The Hall–Kier alpha value is -2.86. The van der Waals surface area contributed by atoms with Crippen molar-refractivity contribution in [2.24, 2.45) is 5.92 Å². The van der Waals surface area contributed by atoms with Gasteiger partial charge in [-0.3, -0.25) is 0 Å². The molecule has 0 heteroatoms. The molecule has 0 radical (unpaired) electrons. The molecule has 0 aliphatic heterocycles. The second kappa shape index (κ2) is 7.34. The zero-order chi connectivity index (χ0) is 21.9. The van der Waals surface area contributed by atoms with Gasteiger partial charge in [0.2, 0.25) is 0 Å². The molecular weight excluding hydrogens is 384 g/mol. The van der Waals surface area contributed by atoms with Crippen molar-refractivity contribution in [1.29, 1.82) is 0 Å². The molecule has 0 aromatic heterocycles. The lowest BCUT2D eigenvalue weighted by Crippen LogP contribution is -2.27. The van der Waals surface area contributed by atoms with E-state index < -0.39 is 0 Å². The number of benzene rings is 4. The van der Waals surface area contributed by atoms with E-state index in [9.17, 15) is 0 Å². The quantitative estimate of drug-likeness (QED) is 0.313. The Balaban J connectivity index is 1.55. The van der Waals surface area contributed by atoms with Crippen molar-refractivity contribution in [3.05, 3.63) is 107 Å². The van der Waals surface area contributed by atoms with Gasteiger partial charge in [0.1, 0.15) is 0 Å². The normalized spacial score (nSPS) is 20.5. The number of hydrogen-bond acceptors (Lipinski definition) is 0. The summed E-state index contributed by atoms with van der Waals surface area (Å²) in [6.07, 6.45) is 4.06. The summed E-state index contributed by atoms with van der Waals surface area (Å²) in [6, 6.07) is 32.2. The third-order valence-corrected chi connectivity index (χ3v) is 8.47. The van der Waals surface area contributed by atoms with Gasteiger partial charge in [-0.2, -0.15) is 0 Å². The molecule has 0 saturated heterocycles. The van der Waals surface area contributed by atoms with Crippen LogP contribution in [0.3, 0.4) is 0 Å². The van der Waals surface area contributed by atoms with E-state index in [4.69, 9.17) is 0 Å². The molecule has 0 heterocycles. The van der Waals surface area contributed by atoms with Crippen LogP contribution in [-0.2, 0) is 5.41 Å². The summed E-state index contributed by atoms with van der Waals surface area (Å²) in [5, 5.41) is 2.91. The Kier molecular flexibility index (Phi) is 4.54. The van der Waals surface area contributed by atoms with Crippen LogP contribution in [0, 0.1) is 5.92 Å². The van der Waals surface area contributed by atoms with Gasteiger partial charge in [0, 0.05) is 11.3 Å². The Labute approximate surface area is 192 Å². The van der Waals surface area contributed by atoms with E-state index in [1.165, 1.54) is 57.9 Å². The SMILES string of the molecule is C[C@@H]1CCC[C@H]1c1cccc2c(C(C)(C)C3c4ccccc4-c4ccccc43)cccc12. The van der Waals surface area contributed by atoms with Gasteiger partial charge in [0.15, 0.2) is 0 Å². The lowest BCUT2D eigenvalue weighted by atomic mass is 9.68. The first-order valence-electron chi connectivity index (χ1n) is 12.3. The van der Waals surface area contributed by atoms with Crippen molar-refractivity contribution >= 4 is 10.8 Å². The van der Waals surface area contributed by atoms with Crippen molar-refractivity contribution in [1.82, 2.24) is 0 Å². The van der Waals surface area contributed by atoms with Crippen LogP contribution in [0.5, 0.6) is 0 Å². The molecule has 0 nitrogen and oxygen atoms in total. The molecule has 4 aromatic carbocycles. The Morgan fingerprint density at radius 1 is 0.625 bits per heavy atom. The Morgan fingerprint density at radius 2 is 1.22 bits per heavy atom. The van der Waals surface area contributed by atoms with E-state index in [2.05, 4.69) is 106 Å². The predicted molar refractivity (Wildman–Crippen MR) is 136 cm³/mol. The second-order valence-corrected chi connectivity index (χ2v) is 10.6. The van der Waals surface area contributed by atoms with Crippen LogP contribution in [0.4, 0.5) is 0 Å². The van der Waals surface area contributed by atoms with Crippen LogP contribution < -0.4 is 0 Å². The van der Waals surface area contributed by atoms with E-state index in [1.807, 2.05) is 0 Å². The smallest absolute Gasteiger partial charge is 0.0193 e. The van der Waals surface area contributed by atoms with Gasteiger partial charge in [-0.05, 0) is 62.4 Å². The molecule has 2 atom stereocenters. The summed E-state index contributed by atoms with van der Waals surface area (Å²) >= 11 is 0. The summed E-state index contributed by atoms with van der Waals surface area (Å²) in [4.78, 5) is 0. The zero-order valence-electron chi connectivity index (χ0n) is 19.4. The van der Waals surface area contributed by atoms with E-state index in [-0.39, 0.29) is 5.41 Å². The van der Waals surface area contributed by atoms with Crippen LogP contribution in [0.1, 0.15) is 74.1 Å². The first-order valence-corrected chi connectivity index (χ1v) is 12.3. The average Bonchev–Trinajstić information content (AvgIpc) is 3.39. The Bertz CT molecular complexity index is 1260. The maximum atomic E-state index is 2.45. The topological polar surface area (TPSA) is 0 Å². The largest absolute Gasteiger partial charge is 0.0619 e. The monoisotopic (exact) mass is 416 g/mol. The van der Waals surface area contributed by atoms with E-state index in [0.29, 0.717) is 11.8 Å².